The zero-order valence-electron chi connectivity index (χ0n) is 22.6. The van der Waals surface area contributed by atoms with E-state index in [0.717, 1.165) is 39.9 Å². The van der Waals surface area contributed by atoms with Crippen LogP contribution in [0.5, 0.6) is 5.75 Å². The molecule has 0 spiro atoms. The van der Waals surface area contributed by atoms with E-state index in [1.165, 1.54) is 6.92 Å². The van der Waals surface area contributed by atoms with Crippen molar-refractivity contribution in [3.63, 3.8) is 0 Å². The van der Waals surface area contributed by atoms with Crippen LogP contribution in [-0.2, 0) is 21.4 Å². The molecule has 1 aromatic carbocycles. The lowest BCUT2D eigenvalue weighted by molar-refractivity contribution is -0.274. The van der Waals surface area contributed by atoms with Crippen molar-refractivity contribution in [3.05, 3.63) is 58.7 Å². The van der Waals surface area contributed by atoms with Gasteiger partial charge in [0.15, 0.2) is 5.13 Å². The molecule has 2 N–H and O–H groups in total. The molecule has 0 aliphatic carbocycles. The Morgan fingerprint density at radius 2 is 1.86 bits per heavy atom. The predicted molar refractivity (Wildman–Crippen MR) is 147 cm³/mol. The zero-order chi connectivity index (χ0) is 30.8. The number of piperazine rings is 1. The first-order valence-electron chi connectivity index (χ1n) is 12.4. The Hall–Kier alpha value is -3.96. The number of benzene rings is 1. The van der Waals surface area contributed by atoms with Gasteiger partial charge in [-0.25, -0.2) is 23.2 Å². The monoisotopic (exact) mass is 628 g/mol. The van der Waals surface area contributed by atoms with Crippen LogP contribution in [-0.4, -0.2) is 85.8 Å². The Morgan fingerprint density at radius 3 is 2.40 bits per heavy atom. The highest BCUT2D eigenvalue weighted by Crippen LogP contribution is 2.31. The number of aromatic carboxylic acids is 1. The van der Waals surface area contributed by atoms with Crippen molar-refractivity contribution in [3.8, 4) is 5.75 Å². The van der Waals surface area contributed by atoms with Gasteiger partial charge in [0.2, 0.25) is 15.9 Å². The number of ether oxygens (including phenoxy) is 1. The second-order valence-electron chi connectivity index (χ2n) is 9.45. The third kappa shape index (κ3) is 7.08. The number of carbonyl (C=O) groups is 2. The molecule has 1 atom stereocenters. The van der Waals surface area contributed by atoms with Crippen LogP contribution in [0.15, 0.2) is 47.5 Å². The maximum Gasteiger partial charge on any atom is 0.573 e. The highest BCUT2D eigenvalue weighted by atomic mass is 32.2. The Morgan fingerprint density at radius 1 is 1.17 bits per heavy atom. The number of nitrogens with one attached hydrogen (secondary N) is 1. The summed E-state index contributed by atoms with van der Waals surface area (Å²) in [6.45, 7) is 1.34. The predicted octanol–water partition coefficient (Wildman–Crippen LogP) is 2.71. The number of hydrogen-bond donors (Lipinski definition) is 2. The first-order chi connectivity index (χ1) is 19.7. The van der Waals surface area contributed by atoms with Gasteiger partial charge in [-0.05, 0) is 42.8 Å². The van der Waals surface area contributed by atoms with Crippen molar-refractivity contribution in [2.24, 2.45) is 0 Å². The van der Waals surface area contributed by atoms with E-state index in [1.807, 2.05) is 14.1 Å². The fourth-order valence-electron chi connectivity index (χ4n) is 4.20. The van der Waals surface area contributed by atoms with Crippen molar-refractivity contribution in [2.45, 2.75) is 30.8 Å². The molecule has 1 aliphatic rings. The van der Waals surface area contributed by atoms with E-state index in [2.05, 4.69) is 20.0 Å². The molecule has 2 aromatic heterocycles. The second-order valence-corrected chi connectivity index (χ2v) is 12.3. The van der Waals surface area contributed by atoms with Crippen LogP contribution in [0.4, 0.5) is 24.1 Å². The smallest absolute Gasteiger partial charge is 0.477 e. The average Bonchev–Trinajstić information content (AvgIpc) is 3.33. The maximum atomic E-state index is 13.6. The Labute approximate surface area is 243 Å². The first-order valence-corrected chi connectivity index (χ1v) is 14.6. The maximum absolute atomic E-state index is 13.6. The van der Waals surface area contributed by atoms with E-state index in [1.54, 1.807) is 28.1 Å². The van der Waals surface area contributed by atoms with E-state index in [0.29, 0.717) is 16.5 Å². The van der Waals surface area contributed by atoms with Gasteiger partial charge in [-0.2, -0.15) is 4.31 Å². The lowest BCUT2D eigenvalue weighted by Gasteiger charge is -2.39. The first kappa shape index (κ1) is 31.0. The van der Waals surface area contributed by atoms with Gasteiger partial charge in [-0.15, -0.1) is 13.2 Å². The molecule has 1 unspecified atom stereocenters. The number of sulfonamides is 1. The molecule has 1 amide bonds. The lowest BCUT2D eigenvalue weighted by atomic mass is 10.2. The van der Waals surface area contributed by atoms with Crippen LogP contribution in [0.1, 0.15) is 20.9 Å². The third-order valence-electron chi connectivity index (χ3n) is 6.28. The summed E-state index contributed by atoms with van der Waals surface area (Å²) < 4.78 is 69.7. The summed E-state index contributed by atoms with van der Waals surface area (Å²) in [6.07, 6.45) is -3.37. The number of carboxylic acid groups (broad SMARTS) is 1. The fraction of sp³-hybridized carbons (Fsp3) is 0.360. The van der Waals surface area contributed by atoms with Gasteiger partial charge >= 0.3 is 12.3 Å². The van der Waals surface area contributed by atoms with Gasteiger partial charge in [0.1, 0.15) is 22.5 Å². The van der Waals surface area contributed by atoms with Gasteiger partial charge in [0.25, 0.3) is 0 Å². The Kier molecular flexibility index (Phi) is 8.93. The summed E-state index contributed by atoms with van der Waals surface area (Å²) in [5, 5.41) is 12.5. The number of amides is 1. The molecule has 42 heavy (non-hydrogen) atoms. The number of carboxylic acids is 1. The molecular weight excluding hydrogens is 601 g/mol. The van der Waals surface area contributed by atoms with Crippen LogP contribution >= 0.6 is 11.3 Å². The lowest BCUT2D eigenvalue weighted by Crippen LogP contribution is -2.60. The van der Waals surface area contributed by atoms with Crippen LogP contribution < -0.4 is 19.9 Å². The summed E-state index contributed by atoms with van der Waals surface area (Å²) in [7, 11) is -0.702. The highest BCUT2D eigenvalue weighted by Gasteiger charge is 2.41. The van der Waals surface area contributed by atoms with Crippen LogP contribution in [0.3, 0.4) is 0 Å². The number of aromatic nitrogens is 2. The number of rotatable bonds is 9. The molecule has 4 rings (SSSR count). The van der Waals surface area contributed by atoms with Gasteiger partial charge in [0, 0.05) is 46.5 Å². The second kappa shape index (κ2) is 12.1. The summed E-state index contributed by atoms with van der Waals surface area (Å²) in [5.41, 5.74) is 0.950. The number of pyridine rings is 1. The normalized spacial score (nSPS) is 16.2. The summed E-state index contributed by atoms with van der Waals surface area (Å²) in [6, 6.07) is 5.95. The third-order valence-corrected chi connectivity index (χ3v) is 9.41. The van der Waals surface area contributed by atoms with Crippen LogP contribution in [0.25, 0.3) is 0 Å². The fourth-order valence-corrected chi connectivity index (χ4v) is 6.71. The van der Waals surface area contributed by atoms with Crippen LogP contribution in [0.2, 0.25) is 0 Å². The summed E-state index contributed by atoms with van der Waals surface area (Å²) >= 11 is 0.910. The molecular formula is C25H27F3N6O6S2. The quantitative estimate of drug-likeness (QED) is 0.363. The van der Waals surface area contributed by atoms with E-state index < -0.39 is 40.1 Å². The molecule has 3 heterocycles. The molecule has 3 aromatic rings. The van der Waals surface area contributed by atoms with E-state index >= 15 is 0 Å². The van der Waals surface area contributed by atoms with Crippen molar-refractivity contribution in [2.75, 3.05) is 43.5 Å². The standard InChI is InChI=1S/C25H27F3N6O6S2/c1-15-21(23(36)37)41-24(31-15)33-10-11-34(42(38,39)18-7-5-17(6-8-18)40-25(26,27)28)19(14-33)22(35)30-13-16-4-9-20(29-12-16)32(2)3/h4-9,12,19H,10-11,13-14H2,1-3H3,(H,30,35)(H,36,37). The molecule has 1 aliphatic heterocycles. The average molecular weight is 629 g/mol. The minimum atomic E-state index is -4.95. The number of hydrogen-bond acceptors (Lipinski definition) is 10. The van der Waals surface area contributed by atoms with Crippen molar-refractivity contribution < 1.29 is 41.0 Å². The molecule has 0 bridgehead atoms. The summed E-state index contributed by atoms with van der Waals surface area (Å²) in [5.74, 6) is -1.68. The highest BCUT2D eigenvalue weighted by molar-refractivity contribution is 7.89. The van der Waals surface area contributed by atoms with Crippen molar-refractivity contribution >= 4 is 44.2 Å². The van der Waals surface area contributed by atoms with E-state index in [4.69, 9.17) is 0 Å². The number of aryl methyl sites for hydroxylation is 1. The minimum absolute atomic E-state index is 0.0240. The molecule has 17 heteroatoms. The van der Waals surface area contributed by atoms with Gasteiger partial charge < -0.3 is 25.0 Å². The zero-order valence-corrected chi connectivity index (χ0v) is 24.3. The number of nitrogens with zero attached hydrogens (tertiary/aromatic N) is 5. The summed E-state index contributed by atoms with van der Waals surface area (Å²) in [4.78, 5) is 36.7. The Balaban J connectivity index is 1.60. The van der Waals surface area contributed by atoms with Crippen LogP contribution in [0, 0.1) is 6.92 Å². The van der Waals surface area contributed by atoms with E-state index in [9.17, 15) is 36.3 Å². The molecule has 0 radical (unpaired) electrons. The minimum Gasteiger partial charge on any atom is -0.477 e. The number of carbonyl (C=O) groups excluding carboxylic acids is 1. The van der Waals surface area contributed by atoms with Crippen molar-refractivity contribution in [1.82, 2.24) is 19.6 Å². The molecule has 1 fully saturated rings. The topological polar surface area (TPSA) is 145 Å². The van der Waals surface area contributed by atoms with Crippen molar-refractivity contribution in [1.29, 1.82) is 0 Å². The van der Waals surface area contributed by atoms with Gasteiger partial charge in [0.05, 0.1) is 10.6 Å². The largest absolute Gasteiger partial charge is 0.573 e. The molecule has 12 nitrogen and oxygen atoms in total. The Bertz CT molecular complexity index is 1550. The molecule has 226 valence electrons. The number of anilines is 2. The van der Waals surface area contributed by atoms with E-state index in [-0.39, 0.29) is 41.6 Å². The van der Waals surface area contributed by atoms with Gasteiger partial charge in [-0.1, -0.05) is 17.4 Å². The SMILES string of the molecule is Cc1nc(N2CCN(S(=O)(=O)c3ccc(OC(F)(F)F)cc3)C(C(=O)NCc3ccc(N(C)C)nc3)C2)sc1C(=O)O. The molecule has 0 saturated carbocycles. The number of halogens is 3. The number of thiazole rings is 1. The van der Waals surface area contributed by atoms with Gasteiger partial charge in [-0.3, -0.25) is 4.79 Å². The molecule has 1 saturated heterocycles. The number of alkyl halides is 3.